The normalized spacial score (nSPS) is 28.9. The Labute approximate surface area is 120 Å². The molecule has 1 aliphatic rings. The highest BCUT2D eigenvalue weighted by Crippen LogP contribution is 2.30. The van der Waals surface area contributed by atoms with E-state index in [0.29, 0.717) is 6.04 Å². The predicted octanol–water partition coefficient (Wildman–Crippen LogP) is 2.45. The van der Waals surface area contributed by atoms with Crippen molar-refractivity contribution in [2.75, 3.05) is 41.1 Å². The molecule has 2 atom stereocenters. The highest BCUT2D eigenvalue weighted by molar-refractivity contribution is 6.60. The van der Waals surface area contributed by atoms with E-state index in [0.717, 1.165) is 16.6 Å². The van der Waals surface area contributed by atoms with Gasteiger partial charge in [-0.1, -0.05) is 13.8 Å². The lowest BCUT2D eigenvalue weighted by atomic mass is 9.92. The summed E-state index contributed by atoms with van der Waals surface area (Å²) in [6, 6.07) is 0.709. The number of hydrogen-bond acceptors (Lipinski definition) is 3. The van der Waals surface area contributed by atoms with E-state index < -0.39 is 8.80 Å². The summed E-state index contributed by atoms with van der Waals surface area (Å²) >= 11 is 0. The Hall–Kier alpha value is 0.0569. The molecule has 1 rings (SSSR count). The first-order valence-electron chi connectivity index (χ1n) is 7.41. The van der Waals surface area contributed by atoms with Crippen LogP contribution in [0.2, 0.25) is 0 Å². The standard InChI is InChI=1S/C14H32NO3Si/c1-13(2)11-14-9-7-8-10-15(14,3)12-19(16-4,17-5)18-6/h13-14H,7-12H2,1-6H3/q+1. The number of nitrogens with zero attached hydrogens (tertiary/aromatic N) is 1. The summed E-state index contributed by atoms with van der Waals surface area (Å²) in [5.74, 6) is 0.740. The maximum atomic E-state index is 5.64. The monoisotopic (exact) mass is 290 g/mol. The van der Waals surface area contributed by atoms with Gasteiger partial charge in [-0.15, -0.1) is 0 Å². The van der Waals surface area contributed by atoms with Gasteiger partial charge >= 0.3 is 8.80 Å². The third-order valence-electron chi connectivity index (χ3n) is 4.57. The number of quaternary nitrogens is 1. The van der Waals surface area contributed by atoms with Crippen molar-refractivity contribution in [1.82, 2.24) is 0 Å². The molecule has 4 nitrogen and oxygen atoms in total. The molecule has 114 valence electrons. The number of hydrogen-bond donors (Lipinski definition) is 0. The van der Waals surface area contributed by atoms with E-state index in [4.69, 9.17) is 13.3 Å². The van der Waals surface area contributed by atoms with Crippen molar-refractivity contribution in [3.8, 4) is 0 Å². The molecule has 0 aliphatic carbocycles. The van der Waals surface area contributed by atoms with Crippen LogP contribution >= 0.6 is 0 Å². The molecule has 1 fully saturated rings. The Balaban J connectivity index is 2.84. The van der Waals surface area contributed by atoms with Gasteiger partial charge in [0.05, 0.1) is 19.6 Å². The molecule has 1 aliphatic heterocycles. The van der Waals surface area contributed by atoms with Gasteiger partial charge in [-0.3, -0.25) is 0 Å². The lowest BCUT2D eigenvalue weighted by Gasteiger charge is -2.47. The van der Waals surface area contributed by atoms with E-state index >= 15 is 0 Å². The van der Waals surface area contributed by atoms with E-state index in [1.807, 2.05) is 0 Å². The summed E-state index contributed by atoms with van der Waals surface area (Å²) in [5, 5.41) is 0. The fourth-order valence-electron chi connectivity index (χ4n) is 3.36. The summed E-state index contributed by atoms with van der Waals surface area (Å²) in [6.45, 7) is 5.83. The summed E-state index contributed by atoms with van der Waals surface area (Å²) in [5.41, 5.74) is 0. The molecule has 0 aromatic heterocycles. The van der Waals surface area contributed by atoms with Gasteiger partial charge in [-0.05, 0) is 25.2 Å². The minimum Gasteiger partial charge on any atom is -0.374 e. The molecular formula is C14H32NO3Si+. The summed E-state index contributed by atoms with van der Waals surface area (Å²) in [7, 11) is 5.00. The first kappa shape index (κ1) is 17.1. The molecular weight excluding hydrogens is 258 g/mol. The maximum Gasteiger partial charge on any atom is 0.558 e. The maximum absolute atomic E-state index is 5.64. The second kappa shape index (κ2) is 7.18. The summed E-state index contributed by atoms with van der Waals surface area (Å²) in [6.07, 6.45) is 6.13. The molecule has 5 heteroatoms. The van der Waals surface area contributed by atoms with Gasteiger partial charge in [0.1, 0.15) is 6.17 Å². The van der Waals surface area contributed by atoms with Crippen LogP contribution in [0.1, 0.15) is 39.5 Å². The van der Waals surface area contributed by atoms with Crippen LogP contribution in [0, 0.1) is 5.92 Å². The summed E-state index contributed by atoms with van der Waals surface area (Å²) in [4.78, 5) is 0. The van der Waals surface area contributed by atoms with Crippen LogP contribution < -0.4 is 0 Å². The lowest BCUT2D eigenvalue weighted by molar-refractivity contribution is -0.932. The molecule has 0 radical (unpaired) electrons. The van der Waals surface area contributed by atoms with Crippen LogP contribution in [-0.4, -0.2) is 60.4 Å². The average Bonchev–Trinajstić information content (AvgIpc) is 2.39. The fraction of sp³-hybridized carbons (Fsp3) is 1.00. The quantitative estimate of drug-likeness (QED) is 0.532. The van der Waals surface area contributed by atoms with Gasteiger partial charge in [-0.25, -0.2) is 0 Å². The van der Waals surface area contributed by atoms with Crippen molar-refractivity contribution in [3.05, 3.63) is 0 Å². The van der Waals surface area contributed by atoms with E-state index in [9.17, 15) is 0 Å². The molecule has 0 aromatic carbocycles. The molecule has 0 bridgehead atoms. The van der Waals surface area contributed by atoms with Gasteiger partial charge in [0.2, 0.25) is 0 Å². The van der Waals surface area contributed by atoms with Crippen LogP contribution in [0.3, 0.4) is 0 Å². The zero-order valence-electron chi connectivity index (χ0n) is 13.6. The summed E-state index contributed by atoms with van der Waals surface area (Å²) < 4.78 is 18.0. The molecule has 0 amide bonds. The second-order valence-electron chi connectivity index (χ2n) is 6.44. The van der Waals surface area contributed by atoms with E-state index in [1.54, 1.807) is 21.3 Å². The lowest BCUT2D eigenvalue weighted by Crippen LogP contribution is -2.65. The Morgan fingerprint density at radius 3 is 2.16 bits per heavy atom. The highest BCUT2D eigenvalue weighted by atomic mass is 28.4. The third kappa shape index (κ3) is 4.26. The minimum atomic E-state index is -2.50. The largest absolute Gasteiger partial charge is 0.558 e. The molecule has 0 saturated carbocycles. The third-order valence-corrected chi connectivity index (χ3v) is 7.54. The number of likely N-dealkylation sites (tertiary alicyclic amines) is 1. The minimum absolute atomic E-state index is 0.709. The van der Waals surface area contributed by atoms with Gasteiger partial charge in [0.15, 0.2) is 0 Å². The number of rotatable bonds is 7. The zero-order chi connectivity index (χ0) is 14.5. The molecule has 0 spiro atoms. The SMILES string of the molecule is CO[Si](C[N+]1(C)CCCCC1CC(C)C)(OC)OC. The van der Waals surface area contributed by atoms with E-state index in [1.165, 1.54) is 32.2 Å². The Morgan fingerprint density at radius 1 is 1.11 bits per heavy atom. The van der Waals surface area contributed by atoms with Gasteiger partial charge in [0, 0.05) is 27.8 Å². The van der Waals surface area contributed by atoms with Crippen LogP contribution in [0.5, 0.6) is 0 Å². The molecule has 0 N–H and O–H groups in total. The molecule has 2 unspecified atom stereocenters. The van der Waals surface area contributed by atoms with Crippen LogP contribution in [-0.2, 0) is 13.3 Å². The van der Waals surface area contributed by atoms with Crippen molar-refractivity contribution in [2.24, 2.45) is 5.92 Å². The van der Waals surface area contributed by atoms with Crippen molar-refractivity contribution < 1.29 is 17.8 Å². The zero-order valence-corrected chi connectivity index (χ0v) is 14.6. The van der Waals surface area contributed by atoms with Gasteiger partial charge in [-0.2, -0.15) is 0 Å². The number of piperidine rings is 1. The van der Waals surface area contributed by atoms with Gasteiger partial charge < -0.3 is 17.8 Å². The van der Waals surface area contributed by atoms with Crippen LogP contribution in [0.15, 0.2) is 0 Å². The van der Waals surface area contributed by atoms with Gasteiger partial charge in [0.25, 0.3) is 0 Å². The topological polar surface area (TPSA) is 27.7 Å². The highest BCUT2D eigenvalue weighted by Gasteiger charge is 2.50. The van der Waals surface area contributed by atoms with Crippen molar-refractivity contribution >= 4 is 8.80 Å². The first-order chi connectivity index (χ1) is 8.91. The van der Waals surface area contributed by atoms with Crippen molar-refractivity contribution in [1.29, 1.82) is 0 Å². The molecule has 1 heterocycles. The van der Waals surface area contributed by atoms with Crippen LogP contribution in [0.25, 0.3) is 0 Å². The predicted molar refractivity (Wildman–Crippen MR) is 79.8 cm³/mol. The second-order valence-corrected chi connectivity index (χ2v) is 9.34. The molecule has 0 aromatic rings. The Bertz CT molecular complexity index is 263. The fourth-order valence-corrected chi connectivity index (χ4v) is 5.55. The van der Waals surface area contributed by atoms with Crippen LogP contribution in [0.4, 0.5) is 0 Å². The van der Waals surface area contributed by atoms with Crippen molar-refractivity contribution in [2.45, 2.75) is 45.6 Å². The van der Waals surface area contributed by atoms with E-state index in [-0.39, 0.29) is 0 Å². The van der Waals surface area contributed by atoms with E-state index in [2.05, 4.69) is 20.9 Å². The van der Waals surface area contributed by atoms with Crippen molar-refractivity contribution in [3.63, 3.8) is 0 Å². The molecule has 1 saturated heterocycles. The average molecular weight is 290 g/mol. The smallest absolute Gasteiger partial charge is 0.374 e. The Morgan fingerprint density at radius 2 is 1.68 bits per heavy atom. The molecule has 19 heavy (non-hydrogen) atoms. The Kier molecular flexibility index (Phi) is 6.46. The first-order valence-corrected chi connectivity index (χ1v) is 9.34.